The van der Waals surface area contributed by atoms with E-state index < -0.39 is 44.0 Å². The van der Waals surface area contributed by atoms with Gasteiger partial charge in [-0.05, 0) is 38.7 Å². The van der Waals surface area contributed by atoms with Crippen molar-refractivity contribution in [1.29, 1.82) is 0 Å². The van der Waals surface area contributed by atoms with E-state index in [2.05, 4.69) is 5.48 Å². The molecular weight excluding hydrogens is 470 g/mol. The van der Waals surface area contributed by atoms with Gasteiger partial charge in [0.2, 0.25) is 0 Å². The van der Waals surface area contributed by atoms with Crippen LogP contribution in [0, 0.1) is 18.6 Å². The summed E-state index contributed by atoms with van der Waals surface area (Å²) >= 11 is 0. The molecule has 2 atom stereocenters. The molecule has 8 nitrogen and oxygen atoms in total. The van der Waals surface area contributed by atoms with E-state index in [4.69, 9.17) is 9.57 Å². The van der Waals surface area contributed by atoms with Crippen molar-refractivity contribution in [2.24, 2.45) is 0 Å². The SMILES string of the molecule is Cc1cccc(-c2cc(=O)n(CC[C@](C)(C(=O)NOC3CCCCO3)S(C)(=O)=O)cc2F)c1F. The second-order valence-corrected chi connectivity index (χ2v) is 11.0. The van der Waals surface area contributed by atoms with Gasteiger partial charge in [-0.1, -0.05) is 18.2 Å². The molecule has 1 amide bonds. The van der Waals surface area contributed by atoms with Gasteiger partial charge in [-0.15, -0.1) is 0 Å². The zero-order valence-electron chi connectivity index (χ0n) is 19.3. The van der Waals surface area contributed by atoms with Crippen molar-refractivity contribution >= 4 is 15.7 Å². The molecule has 1 fully saturated rings. The maximum Gasteiger partial charge on any atom is 0.264 e. The van der Waals surface area contributed by atoms with Crippen LogP contribution in [0.25, 0.3) is 11.1 Å². The van der Waals surface area contributed by atoms with E-state index in [0.29, 0.717) is 18.6 Å². The van der Waals surface area contributed by atoms with Crippen LogP contribution in [0.4, 0.5) is 8.78 Å². The molecule has 1 aliphatic heterocycles. The molecule has 1 saturated heterocycles. The van der Waals surface area contributed by atoms with E-state index in [1.54, 1.807) is 6.07 Å². The van der Waals surface area contributed by atoms with Crippen molar-refractivity contribution in [2.75, 3.05) is 12.9 Å². The normalized spacial score (nSPS) is 18.3. The number of sulfone groups is 1. The van der Waals surface area contributed by atoms with Gasteiger partial charge in [0.1, 0.15) is 11.6 Å². The van der Waals surface area contributed by atoms with E-state index in [0.717, 1.165) is 35.9 Å². The number of ether oxygens (including phenoxy) is 1. The Kier molecular flexibility index (Phi) is 7.89. The maximum absolute atomic E-state index is 14.8. The summed E-state index contributed by atoms with van der Waals surface area (Å²) < 4.78 is 58.5. The van der Waals surface area contributed by atoms with Gasteiger partial charge in [0, 0.05) is 49.2 Å². The molecule has 0 spiro atoms. The molecule has 1 aromatic heterocycles. The Balaban J connectivity index is 1.80. The molecule has 1 aromatic carbocycles. The maximum atomic E-state index is 14.8. The van der Waals surface area contributed by atoms with Crippen LogP contribution in [-0.2, 0) is 30.8 Å². The highest BCUT2D eigenvalue weighted by Gasteiger charge is 2.44. The van der Waals surface area contributed by atoms with Crippen molar-refractivity contribution in [3.63, 3.8) is 0 Å². The lowest BCUT2D eigenvalue weighted by atomic mass is 10.0. The summed E-state index contributed by atoms with van der Waals surface area (Å²) in [5.74, 6) is -2.41. The van der Waals surface area contributed by atoms with E-state index in [9.17, 15) is 26.8 Å². The van der Waals surface area contributed by atoms with Crippen LogP contribution in [0.1, 0.15) is 38.2 Å². The number of aromatic nitrogens is 1. The number of carbonyl (C=O) groups excluding carboxylic acids is 1. The van der Waals surface area contributed by atoms with Crippen LogP contribution in [-0.4, -0.2) is 42.8 Å². The van der Waals surface area contributed by atoms with Gasteiger partial charge >= 0.3 is 0 Å². The molecular formula is C23H28F2N2O6S. The topological polar surface area (TPSA) is 104 Å². The monoisotopic (exact) mass is 498 g/mol. The first-order valence-corrected chi connectivity index (χ1v) is 12.8. The molecule has 1 N–H and O–H groups in total. The van der Waals surface area contributed by atoms with Gasteiger partial charge in [0.05, 0.1) is 0 Å². The molecule has 34 heavy (non-hydrogen) atoms. The van der Waals surface area contributed by atoms with Gasteiger partial charge < -0.3 is 9.30 Å². The number of amides is 1. The summed E-state index contributed by atoms with van der Waals surface area (Å²) in [4.78, 5) is 30.6. The van der Waals surface area contributed by atoms with Crippen molar-refractivity contribution in [2.45, 2.75) is 57.1 Å². The van der Waals surface area contributed by atoms with Crippen molar-refractivity contribution in [3.8, 4) is 11.1 Å². The Morgan fingerprint density at radius 3 is 2.68 bits per heavy atom. The minimum atomic E-state index is -3.96. The predicted molar refractivity (Wildman–Crippen MR) is 121 cm³/mol. The lowest BCUT2D eigenvalue weighted by Crippen LogP contribution is -2.51. The van der Waals surface area contributed by atoms with Crippen LogP contribution >= 0.6 is 0 Å². The molecule has 0 aliphatic carbocycles. The molecule has 11 heteroatoms. The quantitative estimate of drug-likeness (QED) is 0.562. The largest absolute Gasteiger partial charge is 0.350 e. The second kappa shape index (κ2) is 10.3. The van der Waals surface area contributed by atoms with Crippen LogP contribution in [0.3, 0.4) is 0 Å². The second-order valence-electron chi connectivity index (χ2n) is 8.60. The summed E-state index contributed by atoms with van der Waals surface area (Å²) in [6.07, 6.45) is 3.05. The van der Waals surface area contributed by atoms with Gasteiger partial charge in [-0.25, -0.2) is 27.5 Å². The number of rotatable bonds is 8. The van der Waals surface area contributed by atoms with Gasteiger partial charge in [-0.3, -0.25) is 9.59 Å². The summed E-state index contributed by atoms with van der Waals surface area (Å²) in [7, 11) is -3.96. The number of aryl methyl sites for hydroxylation is 2. The zero-order chi connectivity index (χ0) is 25.1. The average Bonchev–Trinajstić information content (AvgIpc) is 2.79. The third-order valence-corrected chi connectivity index (χ3v) is 8.14. The third kappa shape index (κ3) is 5.53. The van der Waals surface area contributed by atoms with Crippen molar-refractivity contribution < 1.29 is 31.6 Å². The molecule has 3 rings (SSSR count). The van der Waals surface area contributed by atoms with Crippen LogP contribution in [0.2, 0.25) is 0 Å². The fourth-order valence-corrected chi connectivity index (χ4v) is 4.45. The first kappa shape index (κ1) is 26.0. The van der Waals surface area contributed by atoms with Crippen LogP contribution in [0.15, 0.2) is 35.3 Å². The first-order valence-electron chi connectivity index (χ1n) is 10.9. The molecule has 0 radical (unpaired) electrons. The molecule has 1 aliphatic rings. The molecule has 2 aromatic rings. The van der Waals surface area contributed by atoms with Crippen LogP contribution in [0.5, 0.6) is 0 Å². The minimum Gasteiger partial charge on any atom is -0.350 e. The van der Waals surface area contributed by atoms with Crippen molar-refractivity contribution in [3.05, 3.63) is 58.0 Å². The summed E-state index contributed by atoms with van der Waals surface area (Å²) in [6, 6.07) is 5.40. The van der Waals surface area contributed by atoms with E-state index in [1.165, 1.54) is 26.0 Å². The Labute approximate surface area is 196 Å². The lowest BCUT2D eigenvalue weighted by molar-refractivity contribution is -0.201. The van der Waals surface area contributed by atoms with Gasteiger partial charge in [-0.2, -0.15) is 0 Å². The number of hydroxylamine groups is 1. The third-order valence-electron chi connectivity index (χ3n) is 6.11. The Morgan fingerprint density at radius 2 is 2.03 bits per heavy atom. The lowest BCUT2D eigenvalue weighted by Gasteiger charge is -2.28. The Morgan fingerprint density at radius 1 is 1.29 bits per heavy atom. The number of carbonyl (C=O) groups is 1. The number of nitrogens with one attached hydrogen (secondary N) is 1. The van der Waals surface area contributed by atoms with E-state index in [-0.39, 0.29) is 24.1 Å². The highest BCUT2D eigenvalue weighted by atomic mass is 32.2. The fraction of sp³-hybridized carbons (Fsp3) is 0.478. The minimum absolute atomic E-state index is 0.0517. The Hall–Kier alpha value is -2.63. The van der Waals surface area contributed by atoms with Crippen molar-refractivity contribution in [1.82, 2.24) is 10.0 Å². The van der Waals surface area contributed by atoms with Gasteiger partial charge in [0.15, 0.2) is 20.9 Å². The number of hydrogen-bond acceptors (Lipinski definition) is 6. The average molecular weight is 499 g/mol. The van der Waals surface area contributed by atoms with E-state index in [1.807, 2.05) is 0 Å². The fourth-order valence-electron chi connectivity index (χ4n) is 3.61. The first-order chi connectivity index (χ1) is 15.9. The predicted octanol–water partition coefficient (Wildman–Crippen LogP) is 2.87. The number of hydrogen-bond donors (Lipinski definition) is 1. The van der Waals surface area contributed by atoms with Gasteiger partial charge in [0.25, 0.3) is 11.5 Å². The van der Waals surface area contributed by atoms with E-state index >= 15 is 0 Å². The molecule has 0 bridgehead atoms. The molecule has 2 heterocycles. The molecule has 1 unspecified atom stereocenters. The zero-order valence-corrected chi connectivity index (χ0v) is 20.1. The van der Waals surface area contributed by atoms with Crippen LogP contribution < -0.4 is 11.0 Å². The summed E-state index contributed by atoms with van der Waals surface area (Å²) in [5, 5.41) is 0. The number of pyridine rings is 1. The standard InChI is InChI=1S/C23H28F2N2O6S/c1-15-7-6-8-16(21(15)25)17-13-19(28)27(14-18(17)24)11-10-23(2,34(3,30)31)22(29)26-33-20-9-4-5-12-32-20/h6-8,13-14,20H,4-5,9-12H2,1-3H3,(H,26,29)/t20?,23-/m1/s1. The smallest absolute Gasteiger partial charge is 0.264 e. The summed E-state index contributed by atoms with van der Waals surface area (Å²) in [5.41, 5.74) is 1.54. The number of nitrogens with zero attached hydrogens (tertiary/aromatic N) is 1. The highest BCUT2D eigenvalue weighted by Crippen LogP contribution is 2.27. The highest BCUT2D eigenvalue weighted by molar-refractivity contribution is 7.92. The number of benzene rings is 1. The number of halogens is 2. The summed E-state index contributed by atoms with van der Waals surface area (Å²) in [6.45, 7) is 2.93. The molecule has 0 saturated carbocycles. The molecule has 186 valence electrons. The Bertz CT molecular complexity index is 1220.